The second-order valence-corrected chi connectivity index (χ2v) is 7.72. The second kappa shape index (κ2) is 5.30. The van der Waals surface area contributed by atoms with Gasteiger partial charge in [0.2, 0.25) is 0 Å². The Balaban J connectivity index is 2.62. The zero-order chi connectivity index (χ0) is 12.4. The van der Waals surface area contributed by atoms with Crippen molar-refractivity contribution in [3.05, 3.63) is 0 Å². The zero-order valence-corrected chi connectivity index (χ0v) is 12.5. The molecule has 0 aromatic carbocycles. The standard InChI is InChI=1S/C14H29NS/c1-11(2)14(5,16)10-13(3,4)12-6-8-15-9-7-12/h11-12,15-16H,6-10H2,1-5H3. The number of hydrogen-bond acceptors (Lipinski definition) is 2. The van der Waals surface area contributed by atoms with Crippen molar-refractivity contribution in [1.29, 1.82) is 0 Å². The van der Waals surface area contributed by atoms with Crippen LogP contribution in [0.3, 0.4) is 0 Å². The first-order chi connectivity index (χ1) is 7.26. The lowest BCUT2D eigenvalue weighted by molar-refractivity contribution is 0.130. The summed E-state index contributed by atoms with van der Waals surface area (Å²) in [6.45, 7) is 14.1. The van der Waals surface area contributed by atoms with Crippen molar-refractivity contribution >= 4 is 12.6 Å². The normalized spacial score (nSPS) is 23.4. The molecule has 0 aromatic heterocycles. The zero-order valence-electron chi connectivity index (χ0n) is 11.6. The Morgan fingerprint density at radius 2 is 1.69 bits per heavy atom. The summed E-state index contributed by atoms with van der Waals surface area (Å²) in [6.07, 6.45) is 3.87. The third kappa shape index (κ3) is 3.66. The van der Waals surface area contributed by atoms with E-state index in [0.717, 1.165) is 5.92 Å². The summed E-state index contributed by atoms with van der Waals surface area (Å²) < 4.78 is 0.161. The van der Waals surface area contributed by atoms with E-state index in [9.17, 15) is 0 Å². The molecular formula is C14H29NS. The molecular weight excluding hydrogens is 214 g/mol. The van der Waals surface area contributed by atoms with Gasteiger partial charge in [-0.2, -0.15) is 12.6 Å². The molecule has 96 valence electrons. The van der Waals surface area contributed by atoms with Crippen LogP contribution in [0.25, 0.3) is 0 Å². The first kappa shape index (κ1) is 14.4. The van der Waals surface area contributed by atoms with Gasteiger partial charge in [-0.25, -0.2) is 0 Å². The van der Waals surface area contributed by atoms with Gasteiger partial charge in [0.1, 0.15) is 0 Å². The second-order valence-electron chi connectivity index (χ2n) is 6.70. The maximum Gasteiger partial charge on any atom is 0.0129 e. The summed E-state index contributed by atoms with van der Waals surface area (Å²) in [7, 11) is 0. The highest BCUT2D eigenvalue weighted by molar-refractivity contribution is 7.81. The van der Waals surface area contributed by atoms with Crippen molar-refractivity contribution in [2.24, 2.45) is 17.3 Å². The largest absolute Gasteiger partial charge is 0.317 e. The van der Waals surface area contributed by atoms with Crippen LogP contribution in [0.1, 0.15) is 53.9 Å². The number of piperidine rings is 1. The van der Waals surface area contributed by atoms with Gasteiger partial charge in [0.25, 0.3) is 0 Å². The van der Waals surface area contributed by atoms with E-state index in [1.165, 1.54) is 32.4 Å². The Hall–Kier alpha value is 0.310. The molecule has 0 saturated carbocycles. The summed E-state index contributed by atoms with van der Waals surface area (Å²) >= 11 is 4.88. The monoisotopic (exact) mass is 243 g/mol. The summed E-state index contributed by atoms with van der Waals surface area (Å²) in [5.74, 6) is 1.50. The number of nitrogens with one attached hydrogen (secondary N) is 1. The molecule has 1 nitrogen and oxygen atoms in total. The Labute approximate surface area is 107 Å². The van der Waals surface area contributed by atoms with Crippen LogP contribution >= 0.6 is 12.6 Å². The van der Waals surface area contributed by atoms with Crippen LogP contribution in [-0.2, 0) is 0 Å². The fourth-order valence-electron chi connectivity index (χ4n) is 2.87. The molecule has 16 heavy (non-hydrogen) atoms. The minimum absolute atomic E-state index is 0.161. The van der Waals surface area contributed by atoms with Crippen LogP contribution in [-0.4, -0.2) is 17.8 Å². The van der Waals surface area contributed by atoms with E-state index in [1.54, 1.807) is 0 Å². The number of hydrogen-bond donors (Lipinski definition) is 2. The molecule has 0 radical (unpaired) electrons. The van der Waals surface area contributed by atoms with Gasteiger partial charge >= 0.3 is 0 Å². The summed E-state index contributed by atoms with van der Waals surface area (Å²) in [5.41, 5.74) is 0.420. The fourth-order valence-corrected chi connectivity index (χ4v) is 3.28. The van der Waals surface area contributed by atoms with Crippen LogP contribution < -0.4 is 5.32 Å². The lowest BCUT2D eigenvalue weighted by Gasteiger charge is -2.43. The van der Waals surface area contributed by atoms with Gasteiger partial charge < -0.3 is 5.32 Å². The number of thiol groups is 1. The van der Waals surface area contributed by atoms with Gasteiger partial charge in [-0.15, -0.1) is 0 Å². The number of rotatable bonds is 4. The van der Waals surface area contributed by atoms with E-state index in [1.807, 2.05) is 0 Å². The highest BCUT2D eigenvalue weighted by atomic mass is 32.1. The average Bonchev–Trinajstić information content (AvgIpc) is 2.17. The lowest BCUT2D eigenvalue weighted by Crippen LogP contribution is -2.40. The van der Waals surface area contributed by atoms with E-state index in [-0.39, 0.29) is 4.75 Å². The van der Waals surface area contributed by atoms with Crippen LogP contribution in [0.15, 0.2) is 0 Å². The molecule has 1 rings (SSSR count). The summed E-state index contributed by atoms with van der Waals surface area (Å²) in [6, 6.07) is 0. The maximum absolute atomic E-state index is 4.88. The maximum atomic E-state index is 4.88. The van der Waals surface area contributed by atoms with Crippen molar-refractivity contribution < 1.29 is 0 Å². The van der Waals surface area contributed by atoms with Gasteiger partial charge in [-0.3, -0.25) is 0 Å². The van der Waals surface area contributed by atoms with Crippen LogP contribution in [0.5, 0.6) is 0 Å². The molecule has 2 heteroatoms. The molecule has 0 bridgehead atoms. The Bertz CT molecular complexity index is 215. The van der Waals surface area contributed by atoms with Crippen molar-refractivity contribution in [2.75, 3.05) is 13.1 Å². The Kier molecular flexibility index (Phi) is 4.76. The smallest absolute Gasteiger partial charge is 0.0129 e. The quantitative estimate of drug-likeness (QED) is 0.717. The topological polar surface area (TPSA) is 12.0 Å². The molecule has 0 aromatic rings. The van der Waals surface area contributed by atoms with Crippen molar-refractivity contribution in [3.8, 4) is 0 Å². The molecule has 1 saturated heterocycles. The molecule has 1 aliphatic rings. The highest BCUT2D eigenvalue weighted by Crippen LogP contribution is 2.44. The Morgan fingerprint density at radius 1 is 1.19 bits per heavy atom. The molecule has 1 fully saturated rings. The van der Waals surface area contributed by atoms with E-state index in [0.29, 0.717) is 11.3 Å². The molecule has 1 aliphatic heterocycles. The molecule has 0 aliphatic carbocycles. The predicted molar refractivity (Wildman–Crippen MR) is 76.2 cm³/mol. The van der Waals surface area contributed by atoms with Crippen molar-refractivity contribution in [3.63, 3.8) is 0 Å². The van der Waals surface area contributed by atoms with Crippen LogP contribution in [0.2, 0.25) is 0 Å². The Morgan fingerprint density at radius 3 is 2.12 bits per heavy atom. The van der Waals surface area contributed by atoms with Crippen LogP contribution in [0, 0.1) is 17.3 Å². The predicted octanol–water partition coefficient (Wildman–Crippen LogP) is 3.75. The molecule has 1 heterocycles. The highest BCUT2D eigenvalue weighted by Gasteiger charge is 2.37. The van der Waals surface area contributed by atoms with E-state index >= 15 is 0 Å². The van der Waals surface area contributed by atoms with Gasteiger partial charge in [0.15, 0.2) is 0 Å². The lowest BCUT2D eigenvalue weighted by atomic mass is 9.68. The van der Waals surface area contributed by atoms with E-state index < -0.39 is 0 Å². The van der Waals surface area contributed by atoms with Gasteiger partial charge in [0.05, 0.1) is 0 Å². The third-order valence-corrected chi connectivity index (χ3v) is 5.18. The van der Waals surface area contributed by atoms with Gasteiger partial charge in [-0.05, 0) is 49.6 Å². The van der Waals surface area contributed by atoms with Gasteiger partial charge in [-0.1, -0.05) is 34.6 Å². The van der Waals surface area contributed by atoms with E-state index in [2.05, 4.69) is 39.9 Å². The third-order valence-electron chi connectivity index (χ3n) is 4.50. The molecule has 0 spiro atoms. The average molecular weight is 243 g/mol. The molecule has 0 amide bonds. The fraction of sp³-hybridized carbons (Fsp3) is 1.00. The molecule has 1 atom stereocenters. The van der Waals surface area contributed by atoms with Crippen molar-refractivity contribution in [2.45, 2.75) is 58.6 Å². The minimum atomic E-state index is 0.161. The van der Waals surface area contributed by atoms with Gasteiger partial charge in [0, 0.05) is 4.75 Å². The first-order valence-electron chi connectivity index (χ1n) is 6.69. The summed E-state index contributed by atoms with van der Waals surface area (Å²) in [5, 5.41) is 3.45. The van der Waals surface area contributed by atoms with E-state index in [4.69, 9.17) is 12.6 Å². The summed E-state index contributed by atoms with van der Waals surface area (Å²) in [4.78, 5) is 0. The minimum Gasteiger partial charge on any atom is -0.317 e. The molecule has 1 unspecified atom stereocenters. The molecule has 1 N–H and O–H groups in total. The SMILES string of the molecule is CC(C)C(C)(S)CC(C)(C)C1CCNCC1. The first-order valence-corrected chi connectivity index (χ1v) is 7.13. The van der Waals surface area contributed by atoms with Crippen LogP contribution in [0.4, 0.5) is 0 Å². The van der Waals surface area contributed by atoms with Crippen molar-refractivity contribution in [1.82, 2.24) is 5.32 Å².